The fourth-order valence-corrected chi connectivity index (χ4v) is 7.74. The molecule has 7 aromatic rings. The molecule has 0 saturated heterocycles. The number of anilines is 1. The topological polar surface area (TPSA) is 172 Å². The Morgan fingerprint density at radius 3 is 2.43 bits per heavy atom. The molecule has 7 rings (SSSR count). The summed E-state index contributed by atoms with van der Waals surface area (Å²) >= 11 is 7.68. The number of amides is 1. The van der Waals surface area contributed by atoms with Gasteiger partial charge in [0, 0.05) is 43.7 Å². The van der Waals surface area contributed by atoms with Gasteiger partial charge in [-0.3, -0.25) is 9.78 Å². The number of carbonyl (C=O) groups excluding carboxylic acids is 1. The number of pyridine rings is 2. The number of nitrogen functional groups attached to an aromatic ring is 1. The zero-order valence-electron chi connectivity index (χ0n) is 27.0. The van der Waals surface area contributed by atoms with E-state index in [0.717, 1.165) is 31.8 Å². The fourth-order valence-electron chi connectivity index (χ4n) is 5.59. The van der Waals surface area contributed by atoms with E-state index in [1.54, 1.807) is 53.8 Å². The van der Waals surface area contributed by atoms with Gasteiger partial charge in [0.05, 0.1) is 40.2 Å². The van der Waals surface area contributed by atoms with Gasteiger partial charge in [-0.25, -0.2) is 13.4 Å². The molecule has 0 aliphatic rings. The number of azo groups is 1. The number of thiophene rings is 1. The van der Waals surface area contributed by atoms with E-state index >= 15 is 0 Å². The minimum atomic E-state index is -4.80. The Labute approximate surface area is 323 Å². The third kappa shape index (κ3) is 7.60. The zero-order chi connectivity index (χ0) is 34.8. The van der Waals surface area contributed by atoms with Crippen molar-refractivity contribution in [2.75, 3.05) is 18.9 Å². The molecule has 0 unspecified atom stereocenters. The van der Waals surface area contributed by atoms with Crippen molar-refractivity contribution in [1.82, 2.24) is 15.3 Å². The number of nitrogens with two attached hydrogens (primary N) is 1. The summed E-state index contributed by atoms with van der Waals surface area (Å²) in [7, 11) is -4.80. The van der Waals surface area contributed by atoms with Crippen LogP contribution in [0.25, 0.3) is 42.2 Å². The molecular weight excluding hydrogens is 719 g/mol. The minimum absolute atomic E-state index is 0. The monoisotopic (exact) mass is 744 g/mol. The molecule has 11 nitrogen and oxygen atoms in total. The number of benzene rings is 4. The molecule has 0 aliphatic carbocycles. The fraction of sp³-hybridized carbons (Fsp3) is 0.0833. The Balaban J connectivity index is 0.00000448. The summed E-state index contributed by atoms with van der Waals surface area (Å²) in [6.07, 6.45) is 3.60. The second-order valence-corrected chi connectivity index (χ2v) is 13.9. The SMILES string of the molecule is Nc1c(N=Nc2ccc(-c3c(OCCCNC(=O)c4cccnc4Cl)ccc4c3sc3ccccc34)nc2)cc(S(=O)(=O)[O-])c2ccccc12.[Na+]. The normalized spacial score (nSPS) is 11.6. The second-order valence-electron chi connectivity index (χ2n) is 11.1. The molecule has 0 bridgehead atoms. The molecule has 15 heteroatoms. The summed E-state index contributed by atoms with van der Waals surface area (Å²) in [6, 6.07) is 26.5. The van der Waals surface area contributed by atoms with Gasteiger partial charge in [0.1, 0.15) is 32.4 Å². The molecule has 250 valence electrons. The summed E-state index contributed by atoms with van der Waals surface area (Å²) in [6.45, 7) is 0.692. The Morgan fingerprint density at radius 2 is 1.69 bits per heavy atom. The number of ether oxygens (including phenoxy) is 1. The number of hydrogen-bond donors (Lipinski definition) is 2. The molecule has 3 N–H and O–H groups in total. The standard InChI is InChI=1S/C36H27ClN6O5S2.Na/c37-35-26(10-5-16-39-35)36(44)40-17-6-18-48-29-15-13-25-22-7-3-4-11-30(22)49-34(25)32(29)27-14-12-21(20-41-27)42-43-28-19-31(50(45,46)47)23-8-1-2-9-24(23)33(28)38;/h1-5,7-16,19-20H,6,17-18,38H2,(H,40,44)(H,45,46,47);/q;+1/p-1. The van der Waals surface area contributed by atoms with Crippen LogP contribution in [-0.2, 0) is 10.1 Å². The van der Waals surface area contributed by atoms with Crippen molar-refractivity contribution in [2.45, 2.75) is 11.3 Å². The number of hydrogen-bond acceptors (Lipinski definition) is 11. The van der Waals surface area contributed by atoms with Crippen molar-refractivity contribution in [3.8, 4) is 17.0 Å². The molecule has 3 heterocycles. The molecular formula is C36H26ClN6NaO5S2. The summed E-state index contributed by atoms with van der Waals surface area (Å²) in [4.78, 5) is 20.7. The van der Waals surface area contributed by atoms with Crippen molar-refractivity contribution >= 4 is 87.0 Å². The quantitative estimate of drug-likeness (QED) is 0.0467. The Hall–Kier alpha value is -4.47. The van der Waals surface area contributed by atoms with Crippen LogP contribution in [0.15, 0.2) is 119 Å². The van der Waals surface area contributed by atoms with E-state index in [0.29, 0.717) is 47.7 Å². The molecule has 0 spiro atoms. The summed E-state index contributed by atoms with van der Waals surface area (Å²) in [5, 5.41) is 14.2. The number of halogens is 1. The third-order valence-corrected chi connectivity index (χ3v) is 10.3. The van der Waals surface area contributed by atoms with Crippen LogP contribution in [0.2, 0.25) is 5.15 Å². The largest absolute Gasteiger partial charge is 1.00 e. The molecule has 0 aliphatic heterocycles. The van der Waals surface area contributed by atoms with Gasteiger partial charge in [-0.15, -0.1) is 21.6 Å². The van der Waals surface area contributed by atoms with Crippen molar-refractivity contribution in [3.63, 3.8) is 0 Å². The Kier molecular flexibility index (Phi) is 11.0. The number of fused-ring (bicyclic) bond motifs is 4. The molecule has 4 aromatic carbocycles. The first-order valence-corrected chi connectivity index (χ1v) is 17.9. The smallest absolute Gasteiger partial charge is 0.744 e. The number of carbonyl (C=O) groups is 1. The van der Waals surface area contributed by atoms with Gasteiger partial charge in [0.25, 0.3) is 5.91 Å². The van der Waals surface area contributed by atoms with E-state index < -0.39 is 15.0 Å². The van der Waals surface area contributed by atoms with Crippen molar-refractivity contribution < 1.29 is 52.1 Å². The molecule has 3 aromatic heterocycles. The maximum atomic E-state index is 12.5. The maximum absolute atomic E-state index is 12.5. The van der Waals surface area contributed by atoms with E-state index in [9.17, 15) is 17.8 Å². The molecule has 0 radical (unpaired) electrons. The van der Waals surface area contributed by atoms with Crippen molar-refractivity contribution in [2.24, 2.45) is 10.2 Å². The van der Waals surface area contributed by atoms with Gasteiger partial charge in [0.15, 0.2) is 0 Å². The summed E-state index contributed by atoms with van der Waals surface area (Å²) < 4.78 is 44.4. The van der Waals surface area contributed by atoms with E-state index in [-0.39, 0.29) is 57.4 Å². The maximum Gasteiger partial charge on any atom is 1.00 e. The van der Waals surface area contributed by atoms with Crippen LogP contribution in [0, 0.1) is 0 Å². The number of rotatable bonds is 10. The average Bonchev–Trinajstić information content (AvgIpc) is 3.50. The second kappa shape index (κ2) is 15.4. The molecule has 0 saturated carbocycles. The Morgan fingerprint density at radius 1 is 0.922 bits per heavy atom. The number of aromatic nitrogens is 2. The predicted octanol–water partition coefficient (Wildman–Crippen LogP) is 5.42. The van der Waals surface area contributed by atoms with Crippen LogP contribution >= 0.6 is 22.9 Å². The van der Waals surface area contributed by atoms with E-state index in [1.165, 1.54) is 18.5 Å². The average molecular weight is 745 g/mol. The summed E-state index contributed by atoms with van der Waals surface area (Å²) in [5.41, 5.74) is 8.67. The van der Waals surface area contributed by atoms with Gasteiger partial charge in [-0.1, -0.05) is 54.1 Å². The predicted molar refractivity (Wildman–Crippen MR) is 195 cm³/mol. The van der Waals surface area contributed by atoms with Crippen molar-refractivity contribution in [3.05, 3.63) is 114 Å². The van der Waals surface area contributed by atoms with Crippen LogP contribution in [0.4, 0.5) is 17.1 Å². The first-order chi connectivity index (χ1) is 24.2. The zero-order valence-corrected chi connectivity index (χ0v) is 31.4. The van der Waals surface area contributed by atoms with Crippen LogP contribution in [0.3, 0.4) is 0 Å². The Bertz CT molecular complexity index is 2560. The van der Waals surface area contributed by atoms with Crippen LogP contribution in [0.5, 0.6) is 5.75 Å². The first-order valence-electron chi connectivity index (χ1n) is 15.3. The minimum Gasteiger partial charge on any atom is -0.744 e. The molecule has 51 heavy (non-hydrogen) atoms. The van der Waals surface area contributed by atoms with Gasteiger partial charge in [0.2, 0.25) is 0 Å². The van der Waals surface area contributed by atoms with E-state index in [4.69, 9.17) is 27.1 Å². The number of nitrogens with zero attached hydrogens (tertiary/aromatic N) is 4. The first kappa shape index (κ1) is 36.3. The van der Waals surface area contributed by atoms with E-state index in [2.05, 4.69) is 32.7 Å². The van der Waals surface area contributed by atoms with Gasteiger partial charge < -0.3 is 20.3 Å². The molecule has 1 amide bonds. The molecule has 0 fully saturated rings. The number of nitrogens with one attached hydrogen (secondary N) is 1. The van der Waals surface area contributed by atoms with Crippen LogP contribution in [-0.4, -0.2) is 42.0 Å². The summed E-state index contributed by atoms with van der Waals surface area (Å²) in [5.74, 6) is 0.318. The van der Waals surface area contributed by atoms with Gasteiger partial charge in [-0.2, -0.15) is 0 Å². The van der Waals surface area contributed by atoms with Crippen LogP contribution < -0.4 is 45.3 Å². The van der Waals surface area contributed by atoms with Gasteiger partial charge in [-0.05, 0) is 55.0 Å². The van der Waals surface area contributed by atoms with E-state index in [1.807, 2.05) is 24.3 Å². The molecule has 0 atom stereocenters. The van der Waals surface area contributed by atoms with Gasteiger partial charge >= 0.3 is 29.6 Å². The van der Waals surface area contributed by atoms with Crippen LogP contribution in [0.1, 0.15) is 16.8 Å². The third-order valence-electron chi connectivity index (χ3n) is 7.95. The van der Waals surface area contributed by atoms with Crippen molar-refractivity contribution in [1.29, 1.82) is 0 Å².